The minimum absolute atomic E-state index is 0.0447. The third-order valence-corrected chi connectivity index (χ3v) is 6.79. The molecule has 0 bridgehead atoms. The Hall–Kier alpha value is -4.05. The molecule has 2 fully saturated rings. The molecule has 2 aliphatic heterocycles. The molecule has 1 N–H and O–H groups in total. The van der Waals surface area contributed by atoms with Crippen molar-refractivity contribution in [3.8, 4) is 0 Å². The highest BCUT2D eigenvalue weighted by Gasteiger charge is 2.54. The molecule has 37 heavy (non-hydrogen) atoms. The second-order valence-corrected chi connectivity index (χ2v) is 9.05. The number of halogens is 2. The van der Waals surface area contributed by atoms with Crippen molar-refractivity contribution >= 4 is 17.7 Å². The van der Waals surface area contributed by atoms with Gasteiger partial charge in [0.2, 0.25) is 5.91 Å². The third kappa shape index (κ3) is 4.97. The first kappa shape index (κ1) is 24.6. The van der Waals surface area contributed by atoms with Gasteiger partial charge in [-0.1, -0.05) is 6.07 Å². The van der Waals surface area contributed by atoms with Crippen LogP contribution in [0.25, 0.3) is 0 Å². The van der Waals surface area contributed by atoms with E-state index in [1.165, 1.54) is 53.6 Å². The molecule has 2 aromatic carbocycles. The second kappa shape index (κ2) is 10.1. The summed E-state index contributed by atoms with van der Waals surface area (Å²) in [5, 5.41) is 2.77. The number of carbonyl (C=O) groups is 3. The van der Waals surface area contributed by atoms with Gasteiger partial charge in [0.05, 0.1) is 19.4 Å². The van der Waals surface area contributed by atoms with Gasteiger partial charge in [0.15, 0.2) is 0 Å². The van der Waals surface area contributed by atoms with Gasteiger partial charge in [-0.05, 0) is 54.6 Å². The summed E-state index contributed by atoms with van der Waals surface area (Å²) < 4.78 is 38.6. The van der Waals surface area contributed by atoms with E-state index in [0.717, 1.165) is 6.07 Å². The van der Waals surface area contributed by atoms with Crippen molar-refractivity contribution in [3.63, 3.8) is 0 Å². The van der Waals surface area contributed by atoms with Crippen molar-refractivity contribution in [2.45, 2.75) is 31.2 Å². The van der Waals surface area contributed by atoms with E-state index in [-0.39, 0.29) is 50.6 Å². The molecular weight excluding hydrogens is 484 g/mol. The van der Waals surface area contributed by atoms with Gasteiger partial charge in [-0.25, -0.2) is 8.78 Å². The highest BCUT2D eigenvalue weighted by molar-refractivity contribution is 5.98. The fraction of sp³-hybridized carbons (Fsp3) is 0.296. The van der Waals surface area contributed by atoms with Crippen LogP contribution < -0.4 is 5.32 Å². The van der Waals surface area contributed by atoms with Crippen LogP contribution in [0.1, 0.15) is 39.3 Å². The van der Waals surface area contributed by atoms with Crippen LogP contribution in [0, 0.1) is 11.6 Å². The smallest absolute Gasteiger partial charge is 0.256 e. The number of hydrogen-bond acceptors (Lipinski definition) is 5. The molecule has 1 aromatic heterocycles. The van der Waals surface area contributed by atoms with Crippen molar-refractivity contribution in [2.75, 3.05) is 19.7 Å². The Balaban J connectivity index is 1.36. The average Bonchev–Trinajstić information content (AvgIpc) is 3.56. The SMILES string of the molecule is O=C(NCc1ccco1)[C@@H]1COC2(CCN(C(=O)c3ccc(F)cc3)CC2)N1C(=O)c1cccc(F)c1. The van der Waals surface area contributed by atoms with Crippen molar-refractivity contribution < 1.29 is 32.3 Å². The van der Waals surface area contributed by atoms with Crippen LogP contribution in [-0.2, 0) is 16.1 Å². The lowest BCUT2D eigenvalue weighted by molar-refractivity contribution is -0.128. The Bertz CT molecular complexity index is 1290. The fourth-order valence-electron chi connectivity index (χ4n) is 4.87. The van der Waals surface area contributed by atoms with Gasteiger partial charge in [-0.3, -0.25) is 19.3 Å². The molecule has 3 aromatic rings. The lowest BCUT2D eigenvalue weighted by Gasteiger charge is -2.44. The van der Waals surface area contributed by atoms with Gasteiger partial charge in [-0.15, -0.1) is 0 Å². The van der Waals surface area contributed by atoms with Crippen LogP contribution in [0.4, 0.5) is 8.78 Å². The summed E-state index contributed by atoms with van der Waals surface area (Å²) in [4.78, 5) is 42.7. The molecule has 2 aliphatic rings. The zero-order valence-corrected chi connectivity index (χ0v) is 19.9. The number of benzene rings is 2. The van der Waals surface area contributed by atoms with E-state index in [2.05, 4.69) is 5.32 Å². The molecule has 10 heteroatoms. The Morgan fingerprint density at radius 3 is 2.35 bits per heavy atom. The second-order valence-electron chi connectivity index (χ2n) is 9.05. The lowest BCUT2D eigenvalue weighted by Crippen LogP contribution is -2.59. The Labute approximate surface area is 211 Å². The molecule has 192 valence electrons. The van der Waals surface area contributed by atoms with E-state index in [4.69, 9.17) is 9.15 Å². The monoisotopic (exact) mass is 509 g/mol. The number of nitrogens with one attached hydrogen (secondary N) is 1. The first-order valence-electron chi connectivity index (χ1n) is 11.9. The van der Waals surface area contributed by atoms with E-state index in [1.807, 2.05) is 0 Å². The van der Waals surface area contributed by atoms with Crippen molar-refractivity contribution in [3.05, 3.63) is 95.4 Å². The molecule has 5 rings (SSSR count). The predicted octanol–water partition coefficient (Wildman–Crippen LogP) is 3.35. The maximum absolute atomic E-state index is 13.9. The Morgan fingerprint density at radius 2 is 1.68 bits per heavy atom. The first-order chi connectivity index (χ1) is 17.9. The normalized spacial score (nSPS) is 18.7. The predicted molar refractivity (Wildman–Crippen MR) is 127 cm³/mol. The van der Waals surface area contributed by atoms with Gasteiger partial charge in [0.1, 0.15) is 29.2 Å². The van der Waals surface area contributed by atoms with Crippen molar-refractivity contribution in [2.24, 2.45) is 0 Å². The summed E-state index contributed by atoms with van der Waals surface area (Å²) in [5.74, 6) is -1.67. The summed E-state index contributed by atoms with van der Waals surface area (Å²) in [5.41, 5.74) is -0.693. The largest absolute Gasteiger partial charge is 0.467 e. The molecule has 0 aliphatic carbocycles. The van der Waals surface area contributed by atoms with Gasteiger partial charge in [-0.2, -0.15) is 0 Å². The number of likely N-dealkylation sites (tertiary alicyclic amines) is 1. The highest BCUT2D eigenvalue weighted by Crippen LogP contribution is 2.39. The number of piperidine rings is 1. The number of amides is 3. The number of nitrogens with zero attached hydrogens (tertiary/aromatic N) is 2. The minimum atomic E-state index is -1.14. The average molecular weight is 510 g/mol. The van der Waals surface area contributed by atoms with Crippen molar-refractivity contribution in [1.82, 2.24) is 15.1 Å². The van der Waals surface area contributed by atoms with Crippen LogP contribution in [0.2, 0.25) is 0 Å². The molecular formula is C27H25F2N3O5. The standard InChI is InChI=1S/C27H25F2N3O5/c28-20-8-6-18(7-9-20)25(34)31-12-10-27(11-13-31)32(26(35)19-3-1-4-21(29)15-19)23(17-37-27)24(33)30-16-22-5-2-14-36-22/h1-9,14-15,23H,10-13,16-17H2,(H,30,33)/t23-/m0/s1. The molecule has 8 nitrogen and oxygen atoms in total. The number of rotatable bonds is 5. The fourth-order valence-corrected chi connectivity index (χ4v) is 4.87. The Kier molecular flexibility index (Phi) is 6.75. The lowest BCUT2D eigenvalue weighted by atomic mass is 9.96. The third-order valence-electron chi connectivity index (χ3n) is 6.79. The molecule has 2 saturated heterocycles. The van der Waals surface area contributed by atoms with E-state index >= 15 is 0 Å². The molecule has 3 heterocycles. The summed E-state index contributed by atoms with van der Waals surface area (Å²) >= 11 is 0. The van der Waals surface area contributed by atoms with E-state index in [9.17, 15) is 23.2 Å². The minimum Gasteiger partial charge on any atom is -0.467 e. The van der Waals surface area contributed by atoms with Crippen LogP contribution in [0.5, 0.6) is 0 Å². The van der Waals surface area contributed by atoms with Crippen LogP contribution in [-0.4, -0.2) is 59.0 Å². The molecule has 0 saturated carbocycles. The topological polar surface area (TPSA) is 92.1 Å². The van der Waals surface area contributed by atoms with Gasteiger partial charge >= 0.3 is 0 Å². The van der Waals surface area contributed by atoms with E-state index in [0.29, 0.717) is 11.3 Å². The van der Waals surface area contributed by atoms with Gasteiger partial charge in [0, 0.05) is 37.1 Å². The number of ether oxygens (including phenoxy) is 1. The summed E-state index contributed by atoms with van der Waals surface area (Å²) in [7, 11) is 0. The van der Waals surface area contributed by atoms with Crippen LogP contribution in [0.3, 0.4) is 0 Å². The number of carbonyl (C=O) groups excluding carboxylic acids is 3. The van der Waals surface area contributed by atoms with E-state index in [1.54, 1.807) is 17.0 Å². The molecule has 0 radical (unpaired) electrons. The van der Waals surface area contributed by atoms with Crippen LogP contribution in [0.15, 0.2) is 71.3 Å². The van der Waals surface area contributed by atoms with Crippen molar-refractivity contribution in [1.29, 1.82) is 0 Å². The molecule has 1 atom stereocenters. The Morgan fingerprint density at radius 1 is 0.919 bits per heavy atom. The number of furan rings is 1. The summed E-state index contributed by atoms with van der Waals surface area (Å²) in [6, 6.07) is 13.1. The van der Waals surface area contributed by atoms with Gasteiger partial charge < -0.3 is 19.4 Å². The maximum Gasteiger partial charge on any atom is 0.256 e. The quantitative estimate of drug-likeness (QED) is 0.570. The number of hydrogen-bond donors (Lipinski definition) is 1. The summed E-state index contributed by atoms with van der Waals surface area (Å²) in [6.45, 7) is 0.599. The zero-order valence-electron chi connectivity index (χ0n) is 19.9. The summed E-state index contributed by atoms with van der Waals surface area (Å²) in [6.07, 6.45) is 2.00. The maximum atomic E-state index is 13.9. The molecule has 0 unspecified atom stereocenters. The van der Waals surface area contributed by atoms with E-state index < -0.39 is 35.2 Å². The van der Waals surface area contributed by atoms with Crippen LogP contribution >= 0.6 is 0 Å². The zero-order chi connectivity index (χ0) is 26.0. The highest BCUT2D eigenvalue weighted by atomic mass is 19.1. The molecule has 1 spiro atoms. The molecule has 3 amide bonds. The first-order valence-corrected chi connectivity index (χ1v) is 11.9. The van der Waals surface area contributed by atoms with Gasteiger partial charge in [0.25, 0.3) is 11.8 Å².